The van der Waals surface area contributed by atoms with Gasteiger partial charge in [0.05, 0.1) is 11.7 Å². The monoisotopic (exact) mass is 514 g/mol. The zero-order valence-electron chi connectivity index (χ0n) is 24.5. The average molecular weight is 515 g/mol. The van der Waals surface area contributed by atoms with Gasteiger partial charge in [0.25, 0.3) is 0 Å². The Morgan fingerprint density at radius 3 is 2.11 bits per heavy atom. The van der Waals surface area contributed by atoms with E-state index in [2.05, 4.69) is 69.2 Å². The highest BCUT2D eigenvalue weighted by Gasteiger charge is 2.72. The van der Waals surface area contributed by atoms with Crippen molar-refractivity contribution in [1.29, 1.82) is 0 Å². The van der Waals surface area contributed by atoms with Gasteiger partial charge < -0.3 is 13.9 Å². The number of hydrogen-bond acceptors (Lipinski definition) is 4. The number of carbonyl (C=O) groups excluding carboxylic acids is 1. The van der Waals surface area contributed by atoms with E-state index >= 15 is 0 Å². The number of ether oxygens (including phenoxy) is 2. The molecule has 36 heavy (non-hydrogen) atoms. The molecular formula is C31H50O4Si. The molecule has 0 amide bonds. The fraction of sp³-hybridized carbons (Fsp3) is 0.839. The molecule has 4 nitrogen and oxygen atoms in total. The molecule has 0 unspecified atom stereocenters. The number of ketones is 1. The van der Waals surface area contributed by atoms with Crippen LogP contribution in [0.1, 0.15) is 108 Å². The Labute approximate surface area is 220 Å². The van der Waals surface area contributed by atoms with Crippen LogP contribution in [0.25, 0.3) is 0 Å². The van der Waals surface area contributed by atoms with Crippen LogP contribution in [-0.2, 0) is 18.7 Å². The van der Waals surface area contributed by atoms with Crippen molar-refractivity contribution in [3.05, 3.63) is 23.5 Å². The van der Waals surface area contributed by atoms with Gasteiger partial charge in [-0.15, -0.1) is 0 Å². The van der Waals surface area contributed by atoms with Gasteiger partial charge >= 0.3 is 0 Å². The lowest BCUT2D eigenvalue weighted by Gasteiger charge is -2.46. The molecule has 5 aliphatic rings. The molecule has 2 heterocycles. The van der Waals surface area contributed by atoms with Crippen LogP contribution in [0.3, 0.4) is 0 Å². The van der Waals surface area contributed by atoms with Crippen molar-refractivity contribution in [1.82, 2.24) is 0 Å². The zero-order chi connectivity index (χ0) is 26.5. The van der Waals surface area contributed by atoms with Gasteiger partial charge in [-0.1, -0.05) is 55.4 Å². The molecular weight excluding hydrogens is 464 g/mol. The second-order valence-electron chi connectivity index (χ2n) is 14.5. The van der Waals surface area contributed by atoms with Crippen LogP contribution in [0.2, 0.25) is 16.6 Å². The molecule has 2 saturated carbocycles. The zero-order valence-corrected chi connectivity index (χ0v) is 25.5. The summed E-state index contributed by atoms with van der Waals surface area (Å²) in [7, 11) is -2.11. The molecule has 0 radical (unpaired) electrons. The van der Waals surface area contributed by atoms with E-state index in [1.54, 1.807) is 6.08 Å². The fourth-order valence-electron chi connectivity index (χ4n) is 9.18. The maximum atomic E-state index is 13.1. The molecule has 0 N–H and O–H groups in total. The van der Waals surface area contributed by atoms with Gasteiger partial charge in [-0.05, 0) is 86.1 Å². The summed E-state index contributed by atoms with van der Waals surface area (Å²) in [6.07, 6.45) is 9.85. The highest BCUT2D eigenvalue weighted by molar-refractivity contribution is 6.77. The van der Waals surface area contributed by atoms with Crippen molar-refractivity contribution in [2.75, 3.05) is 0 Å². The first-order chi connectivity index (χ1) is 16.7. The number of hydrogen-bond donors (Lipinski definition) is 0. The summed E-state index contributed by atoms with van der Waals surface area (Å²) in [6.45, 7) is 23.2. The lowest BCUT2D eigenvalue weighted by atomic mass is 9.78. The molecule has 202 valence electrons. The standard InChI is InChI=1S/C31H50O4Si/c1-19(2)29-15-16-30(25(29)17-29)13-11-23-24(32)12-14-31(27(23)33-30)18-26(28(9,10)35-31)34-36(20(3)4,21(5)6)22(7)8/h12,14,19-22,25-26H,11,13,15-18H2,1-10H3/t25-,26-,29+,30+,31+/m1/s1. The normalized spacial score (nSPS) is 39.2. The molecule has 5 atom stereocenters. The minimum Gasteiger partial charge on any atom is -0.487 e. The van der Waals surface area contributed by atoms with Crippen molar-refractivity contribution >= 4 is 14.1 Å². The Bertz CT molecular complexity index is 969. The molecule has 2 spiro atoms. The number of rotatable bonds is 6. The maximum Gasteiger partial charge on any atom is 0.200 e. The van der Waals surface area contributed by atoms with Crippen molar-refractivity contribution in [3.63, 3.8) is 0 Å². The van der Waals surface area contributed by atoms with E-state index in [9.17, 15) is 4.79 Å². The number of carbonyl (C=O) groups is 1. The van der Waals surface area contributed by atoms with Crippen LogP contribution in [-0.4, -0.2) is 37.0 Å². The van der Waals surface area contributed by atoms with Crippen molar-refractivity contribution in [2.24, 2.45) is 17.3 Å². The number of allylic oxidation sites excluding steroid dienone is 2. The maximum absolute atomic E-state index is 13.1. The van der Waals surface area contributed by atoms with Gasteiger partial charge in [0.15, 0.2) is 5.78 Å². The van der Waals surface area contributed by atoms with Gasteiger partial charge in [0.2, 0.25) is 8.32 Å². The third-order valence-electron chi connectivity index (χ3n) is 11.2. The van der Waals surface area contributed by atoms with E-state index in [0.717, 1.165) is 37.0 Å². The van der Waals surface area contributed by atoms with E-state index in [-0.39, 0.29) is 17.5 Å². The Kier molecular flexibility index (Phi) is 6.15. The smallest absolute Gasteiger partial charge is 0.200 e. The summed E-state index contributed by atoms with van der Waals surface area (Å²) < 4.78 is 21.5. The van der Waals surface area contributed by atoms with Crippen LogP contribution in [0, 0.1) is 17.3 Å². The van der Waals surface area contributed by atoms with E-state index < -0.39 is 19.5 Å². The fourth-order valence-corrected chi connectivity index (χ4v) is 14.9. The Morgan fingerprint density at radius 1 is 0.944 bits per heavy atom. The van der Waals surface area contributed by atoms with Gasteiger partial charge in [-0.3, -0.25) is 4.79 Å². The predicted octanol–water partition coefficient (Wildman–Crippen LogP) is 7.88. The second kappa shape index (κ2) is 8.29. The first-order valence-corrected chi connectivity index (χ1v) is 16.8. The van der Waals surface area contributed by atoms with Gasteiger partial charge in [0.1, 0.15) is 17.0 Å². The van der Waals surface area contributed by atoms with Crippen LogP contribution in [0.5, 0.6) is 0 Å². The van der Waals surface area contributed by atoms with Crippen LogP contribution < -0.4 is 0 Å². The van der Waals surface area contributed by atoms with Crippen LogP contribution in [0.4, 0.5) is 0 Å². The lowest BCUT2D eigenvalue weighted by molar-refractivity contribution is -0.129. The third-order valence-corrected chi connectivity index (χ3v) is 17.3. The minimum absolute atomic E-state index is 0.0382. The predicted molar refractivity (Wildman–Crippen MR) is 147 cm³/mol. The first-order valence-electron chi connectivity index (χ1n) is 14.7. The quantitative estimate of drug-likeness (QED) is 0.338. The lowest BCUT2D eigenvalue weighted by Crippen LogP contribution is -2.53. The largest absolute Gasteiger partial charge is 0.487 e. The molecule has 2 aliphatic heterocycles. The van der Waals surface area contributed by atoms with Gasteiger partial charge in [-0.25, -0.2) is 0 Å². The first kappa shape index (κ1) is 26.7. The summed E-state index contributed by atoms with van der Waals surface area (Å²) in [6, 6.07) is 0. The Hall–Kier alpha value is -0.913. The summed E-state index contributed by atoms with van der Waals surface area (Å²) in [4.78, 5) is 13.1. The molecule has 5 rings (SSSR count). The van der Waals surface area contributed by atoms with Crippen LogP contribution in [0.15, 0.2) is 23.5 Å². The highest BCUT2D eigenvalue weighted by Crippen LogP contribution is 2.74. The van der Waals surface area contributed by atoms with Crippen molar-refractivity contribution in [2.45, 2.75) is 147 Å². The van der Waals surface area contributed by atoms with E-state index in [0.29, 0.717) is 33.9 Å². The van der Waals surface area contributed by atoms with Crippen molar-refractivity contribution in [3.8, 4) is 0 Å². The third kappa shape index (κ3) is 3.54. The topological polar surface area (TPSA) is 44.8 Å². The average Bonchev–Trinajstić information content (AvgIpc) is 3.39. The summed E-state index contributed by atoms with van der Waals surface area (Å²) in [5, 5.41) is 0. The molecule has 0 aromatic heterocycles. The molecule has 0 aromatic rings. The minimum atomic E-state index is -2.11. The summed E-state index contributed by atoms with van der Waals surface area (Å²) >= 11 is 0. The number of fused-ring (bicyclic) bond motifs is 3. The Balaban J connectivity index is 1.49. The molecule has 5 heteroatoms. The highest BCUT2D eigenvalue weighted by atomic mass is 28.4. The molecule has 0 aromatic carbocycles. The second-order valence-corrected chi connectivity index (χ2v) is 19.9. The summed E-state index contributed by atoms with van der Waals surface area (Å²) in [5.41, 5.74) is 1.53. The van der Waals surface area contributed by atoms with Crippen LogP contribution >= 0.6 is 0 Å². The van der Waals surface area contributed by atoms with Gasteiger partial charge in [0, 0.05) is 17.9 Å². The molecule has 3 aliphatic carbocycles. The van der Waals surface area contributed by atoms with E-state index in [1.165, 1.54) is 12.8 Å². The van der Waals surface area contributed by atoms with E-state index in [1.807, 2.05) is 6.08 Å². The Morgan fingerprint density at radius 2 is 1.58 bits per heavy atom. The summed E-state index contributed by atoms with van der Waals surface area (Å²) in [5.74, 6) is 2.23. The molecule has 0 bridgehead atoms. The van der Waals surface area contributed by atoms with Gasteiger partial charge in [-0.2, -0.15) is 0 Å². The molecule has 3 fully saturated rings. The van der Waals surface area contributed by atoms with Crippen molar-refractivity contribution < 1.29 is 18.7 Å². The SMILES string of the molecule is CC(C)[C@@]12CC[C@@]3(CCC4=C(O3)[C@]3(C=CC4=O)C[C@@H](O[Si](C(C)C)(C(C)C)C(C)C)C(C)(C)O3)[C@@H]1C2. The molecule has 1 saturated heterocycles. The van der Waals surface area contributed by atoms with E-state index in [4.69, 9.17) is 13.9 Å².